The molecule has 0 radical (unpaired) electrons. The molecule has 1 saturated carbocycles. The van der Waals surface area contributed by atoms with E-state index in [1.807, 2.05) is 11.8 Å². The molecular formula is C24H29ClN6OS. The third-order valence-corrected chi connectivity index (χ3v) is 9.32. The molecule has 7 nitrogen and oxygen atoms in total. The summed E-state index contributed by atoms with van der Waals surface area (Å²) in [4.78, 5) is 22.3. The third kappa shape index (κ3) is 3.74. The maximum absolute atomic E-state index is 6.41. The first-order valence-electron chi connectivity index (χ1n) is 12.3. The molecule has 0 bridgehead atoms. The van der Waals surface area contributed by atoms with Crippen LogP contribution in [0.25, 0.3) is 6.08 Å². The lowest BCUT2D eigenvalue weighted by molar-refractivity contribution is 0.0903. The number of rotatable bonds is 4. The quantitative estimate of drug-likeness (QED) is 0.660. The highest BCUT2D eigenvalue weighted by Gasteiger charge is 2.46. The monoisotopic (exact) mass is 484 g/mol. The Morgan fingerprint density at radius 3 is 2.79 bits per heavy atom. The zero-order chi connectivity index (χ0) is 21.9. The van der Waals surface area contributed by atoms with E-state index in [-0.39, 0.29) is 0 Å². The number of halogens is 1. The standard InChI is InChI=1S/C24H29ClN6OS/c25-17-12-19-20(16-11-15(16)17)29-22(27-19)13-1-6-31(7-2-13)24-28-18-5-10-33-21(18)23(30-24)26-14-3-8-32-9-4-14/h12-16H,1-11H2,(H,27,29)(H,26,28,30). The van der Waals surface area contributed by atoms with Crippen LogP contribution in [-0.4, -0.2) is 58.0 Å². The number of aromatic nitrogens is 4. The summed E-state index contributed by atoms with van der Waals surface area (Å²) in [6.07, 6.45) is 8.49. The van der Waals surface area contributed by atoms with Crippen molar-refractivity contribution in [1.29, 1.82) is 0 Å². The first-order valence-corrected chi connectivity index (χ1v) is 13.7. The number of allylic oxidation sites excluding steroid dienone is 1. The molecule has 0 aromatic carbocycles. The van der Waals surface area contributed by atoms with E-state index in [1.54, 1.807) is 0 Å². The van der Waals surface area contributed by atoms with E-state index < -0.39 is 0 Å². The number of thioether (sulfide) groups is 1. The van der Waals surface area contributed by atoms with Crippen molar-refractivity contribution in [2.45, 2.75) is 61.3 Å². The molecule has 9 heteroatoms. The maximum atomic E-state index is 6.41. The highest BCUT2D eigenvalue weighted by molar-refractivity contribution is 7.99. The van der Waals surface area contributed by atoms with Gasteiger partial charge in [-0.3, -0.25) is 0 Å². The molecule has 2 aliphatic carbocycles. The number of anilines is 2. The normalized spacial score (nSPS) is 27.1. The number of hydrogen-bond donors (Lipinski definition) is 2. The van der Waals surface area contributed by atoms with Crippen molar-refractivity contribution in [3.05, 3.63) is 27.9 Å². The fourth-order valence-corrected chi connectivity index (χ4v) is 7.14. The Morgan fingerprint density at radius 1 is 1.09 bits per heavy atom. The van der Waals surface area contributed by atoms with Gasteiger partial charge in [0.05, 0.1) is 16.3 Å². The largest absolute Gasteiger partial charge is 0.381 e. The summed E-state index contributed by atoms with van der Waals surface area (Å²) < 4.78 is 5.53. The number of aromatic amines is 1. The van der Waals surface area contributed by atoms with E-state index in [4.69, 9.17) is 31.3 Å². The number of piperidine rings is 1. The molecule has 174 valence electrons. The van der Waals surface area contributed by atoms with E-state index in [0.29, 0.717) is 23.8 Å². The summed E-state index contributed by atoms with van der Waals surface area (Å²) in [5, 5.41) is 4.71. The molecule has 2 aromatic rings. The molecule has 3 fully saturated rings. The summed E-state index contributed by atoms with van der Waals surface area (Å²) in [5.41, 5.74) is 3.59. The van der Waals surface area contributed by atoms with Crippen LogP contribution in [0.3, 0.4) is 0 Å². The van der Waals surface area contributed by atoms with Gasteiger partial charge in [0.25, 0.3) is 0 Å². The predicted octanol–water partition coefficient (Wildman–Crippen LogP) is 4.52. The number of hydrogen-bond acceptors (Lipinski definition) is 7. The van der Waals surface area contributed by atoms with Gasteiger partial charge in [-0.15, -0.1) is 11.8 Å². The Kier molecular flexibility index (Phi) is 5.10. The number of ether oxygens (including phenoxy) is 1. The van der Waals surface area contributed by atoms with Crippen LogP contribution in [0.2, 0.25) is 0 Å². The third-order valence-electron chi connectivity index (χ3n) is 7.81. The van der Waals surface area contributed by atoms with Crippen molar-refractivity contribution >= 4 is 41.2 Å². The molecule has 5 aliphatic rings. The van der Waals surface area contributed by atoms with Crippen LogP contribution in [0.15, 0.2) is 9.93 Å². The predicted molar refractivity (Wildman–Crippen MR) is 131 cm³/mol. The van der Waals surface area contributed by atoms with Crippen LogP contribution in [-0.2, 0) is 11.2 Å². The molecule has 0 spiro atoms. The van der Waals surface area contributed by atoms with Gasteiger partial charge >= 0.3 is 0 Å². The van der Waals surface area contributed by atoms with Gasteiger partial charge in [0.1, 0.15) is 11.6 Å². The fraction of sp³-hybridized carbons (Fsp3) is 0.625. The molecule has 2 aromatic heterocycles. The molecule has 5 heterocycles. The van der Waals surface area contributed by atoms with Crippen molar-refractivity contribution < 1.29 is 4.74 Å². The van der Waals surface area contributed by atoms with E-state index >= 15 is 0 Å². The van der Waals surface area contributed by atoms with Crippen molar-refractivity contribution in [1.82, 2.24) is 19.9 Å². The molecule has 2 N–H and O–H groups in total. The van der Waals surface area contributed by atoms with Gasteiger partial charge in [-0.05, 0) is 38.2 Å². The Morgan fingerprint density at radius 2 is 1.94 bits per heavy atom. The molecule has 2 saturated heterocycles. The summed E-state index contributed by atoms with van der Waals surface area (Å²) in [6, 6.07) is 0.441. The zero-order valence-corrected chi connectivity index (χ0v) is 20.2. The first-order chi connectivity index (χ1) is 16.2. The highest BCUT2D eigenvalue weighted by atomic mass is 35.5. The van der Waals surface area contributed by atoms with Crippen LogP contribution in [0.4, 0.5) is 11.8 Å². The summed E-state index contributed by atoms with van der Waals surface area (Å²) in [5.74, 6) is 5.72. The SMILES string of the molecule is ClC1=Cc2nc(C3CCN(c4nc5c(c(NC6CCOCC6)n4)SCC5)CC3)[nH]c2C2CC12. The average Bonchev–Trinajstić information content (AvgIpc) is 3.31. The number of aryl methyl sites for hydroxylation is 1. The molecule has 2 atom stereocenters. The number of nitrogens with one attached hydrogen (secondary N) is 2. The molecular weight excluding hydrogens is 456 g/mol. The molecule has 2 unspecified atom stereocenters. The van der Waals surface area contributed by atoms with Crippen LogP contribution in [0, 0.1) is 5.92 Å². The smallest absolute Gasteiger partial charge is 0.227 e. The van der Waals surface area contributed by atoms with Gasteiger partial charge in [0.15, 0.2) is 0 Å². The lowest BCUT2D eigenvalue weighted by atomic mass is 9.96. The minimum atomic E-state index is 0.441. The summed E-state index contributed by atoms with van der Waals surface area (Å²) >= 11 is 8.30. The Labute approximate surface area is 203 Å². The van der Waals surface area contributed by atoms with Gasteiger partial charge < -0.3 is 19.9 Å². The number of fused-ring (bicyclic) bond motifs is 4. The topological polar surface area (TPSA) is 79.0 Å². The molecule has 0 amide bonds. The lowest BCUT2D eigenvalue weighted by Gasteiger charge is -2.32. The second-order valence-corrected chi connectivity index (χ2v) is 11.5. The average molecular weight is 485 g/mol. The number of imidazole rings is 1. The van der Waals surface area contributed by atoms with Gasteiger partial charge in [0, 0.05) is 73.0 Å². The Balaban J connectivity index is 1.07. The number of nitrogens with zero attached hydrogens (tertiary/aromatic N) is 4. The van der Waals surface area contributed by atoms with E-state index in [0.717, 1.165) is 92.5 Å². The van der Waals surface area contributed by atoms with Crippen LogP contribution < -0.4 is 10.2 Å². The minimum absolute atomic E-state index is 0.441. The lowest BCUT2D eigenvalue weighted by Crippen LogP contribution is -2.35. The van der Waals surface area contributed by atoms with E-state index in [9.17, 15) is 0 Å². The zero-order valence-electron chi connectivity index (χ0n) is 18.6. The van der Waals surface area contributed by atoms with Gasteiger partial charge in [0.2, 0.25) is 5.95 Å². The van der Waals surface area contributed by atoms with Gasteiger partial charge in [-0.25, -0.2) is 9.97 Å². The van der Waals surface area contributed by atoms with Crippen molar-refractivity contribution in [3.63, 3.8) is 0 Å². The maximum Gasteiger partial charge on any atom is 0.227 e. The van der Waals surface area contributed by atoms with Gasteiger partial charge in [-0.1, -0.05) is 11.6 Å². The molecule has 7 rings (SSSR count). The summed E-state index contributed by atoms with van der Waals surface area (Å²) in [7, 11) is 0. The molecule has 33 heavy (non-hydrogen) atoms. The van der Waals surface area contributed by atoms with E-state index in [2.05, 4.69) is 21.3 Å². The van der Waals surface area contributed by atoms with E-state index in [1.165, 1.54) is 22.7 Å². The Hall–Kier alpha value is -1.77. The number of H-pyrrole nitrogens is 1. The van der Waals surface area contributed by atoms with Gasteiger partial charge in [-0.2, -0.15) is 4.98 Å². The van der Waals surface area contributed by atoms with Crippen molar-refractivity contribution in [2.75, 3.05) is 42.3 Å². The van der Waals surface area contributed by atoms with Crippen LogP contribution in [0.1, 0.15) is 66.8 Å². The second kappa shape index (κ2) is 8.17. The van der Waals surface area contributed by atoms with Crippen molar-refractivity contribution in [3.8, 4) is 0 Å². The van der Waals surface area contributed by atoms with Crippen molar-refractivity contribution in [2.24, 2.45) is 5.92 Å². The Bertz CT molecular complexity index is 1100. The first kappa shape index (κ1) is 20.6. The summed E-state index contributed by atoms with van der Waals surface area (Å²) in [6.45, 7) is 3.58. The minimum Gasteiger partial charge on any atom is -0.381 e. The highest BCUT2D eigenvalue weighted by Crippen LogP contribution is 2.56. The fourth-order valence-electron chi connectivity index (χ4n) is 5.74. The molecule has 3 aliphatic heterocycles. The van der Waals surface area contributed by atoms with Crippen LogP contribution in [0.5, 0.6) is 0 Å². The van der Waals surface area contributed by atoms with Crippen LogP contribution >= 0.6 is 23.4 Å². The second-order valence-electron chi connectivity index (χ2n) is 9.94.